The lowest BCUT2D eigenvalue weighted by atomic mass is 9.87. The Hall–Kier alpha value is -2.57. The van der Waals surface area contributed by atoms with Gasteiger partial charge in [0.05, 0.1) is 11.3 Å². The van der Waals surface area contributed by atoms with Crippen molar-refractivity contribution in [2.24, 2.45) is 0 Å². The van der Waals surface area contributed by atoms with Crippen LogP contribution in [0.25, 0.3) is 5.65 Å². The van der Waals surface area contributed by atoms with Gasteiger partial charge in [-0.05, 0) is 52.7 Å². The van der Waals surface area contributed by atoms with Crippen molar-refractivity contribution in [1.82, 2.24) is 14.7 Å². The predicted molar refractivity (Wildman–Crippen MR) is 109 cm³/mol. The first-order valence-corrected chi connectivity index (χ1v) is 10.00. The largest absolute Gasteiger partial charge is 0.480 e. The number of pyridine rings is 1. The number of rotatable bonds is 5. The lowest BCUT2D eigenvalue weighted by molar-refractivity contribution is -0.138. The minimum absolute atomic E-state index is 0.157. The maximum absolute atomic E-state index is 12.7. The monoisotopic (exact) mass is 386 g/mol. The Morgan fingerprint density at radius 2 is 1.93 bits per heavy atom. The molecular formula is C21H30N4O3. The molecule has 7 heteroatoms. The molecular weight excluding hydrogens is 356 g/mol. The lowest BCUT2D eigenvalue weighted by Gasteiger charge is -2.26. The second-order valence-corrected chi connectivity index (χ2v) is 8.70. The van der Waals surface area contributed by atoms with Crippen LogP contribution in [0.1, 0.15) is 81.8 Å². The van der Waals surface area contributed by atoms with Gasteiger partial charge in [0.2, 0.25) is 0 Å². The van der Waals surface area contributed by atoms with Crippen LogP contribution in [-0.2, 0) is 4.79 Å². The Morgan fingerprint density at radius 3 is 2.54 bits per heavy atom. The van der Waals surface area contributed by atoms with Crippen LogP contribution in [0.4, 0.5) is 5.82 Å². The van der Waals surface area contributed by atoms with Crippen molar-refractivity contribution in [2.75, 3.05) is 5.32 Å². The summed E-state index contributed by atoms with van der Waals surface area (Å²) in [5.74, 6) is -0.202. The average molecular weight is 386 g/mol. The van der Waals surface area contributed by atoms with Crippen molar-refractivity contribution < 1.29 is 14.7 Å². The van der Waals surface area contributed by atoms with E-state index in [1.54, 1.807) is 12.1 Å². The van der Waals surface area contributed by atoms with Crippen LogP contribution in [0.3, 0.4) is 0 Å². The quantitative estimate of drug-likeness (QED) is 0.726. The summed E-state index contributed by atoms with van der Waals surface area (Å²) in [5, 5.41) is 15.2. The normalized spacial score (nSPS) is 16.7. The van der Waals surface area contributed by atoms with Gasteiger partial charge in [0, 0.05) is 17.7 Å². The van der Waals surface area contributed by atoms with Crippen molar-refractivity contribution >= 4 is 23.3 Å². The Labute approximate surface area is 165 Å². The van der Waals surface area contributed by atoms with Crippen LogP contribution in [0, 0.1) is 0 Å². The number of carbonyl (C=O) groups is 2. The highest BCUT2D eigenvalue weighted by molar-refractivity contribution is 6.01. The van der Waals surface area contributed by atoms with E-state index in [1.165, 1.54) is 26.2 Å². The Kier molecular flexibility index (Phi) is 5.63. The standard InChI is InChI=1S/C21H30N4O3/c1-13(20(27)28)22-19(26)15-11-8-12-25-17(15)23-16(14-9-6-5-7-10-14)18(25)24-21(2,3)4/h8,11-14,24H,5-7,9-10H2,1-4H3,(H,22,26)(H,27,28). The van der Waals surface area contributed by atoms with Crippen molar-refractivity contribution in [3.8, 4) is 0 Å². The van der Waals surface area contributed by atoms with Gasteiger partial charge in [-0.25, -0.2) is 4.98 Å². The molecule has 28 heavy (non-hydrogen) atoms. The highest BCUT2D eigenvalue weighted by atomic mass is 16.4. The molecule has 0 saturated heterocycles. The second kappa shape index (κ2) is 7.81. The number of fused-ring (bicyclic) bond motifs is 1. The number of imidazole rings is 1. The first-order chi connectivity index (χ1) is 13.2. The molecule has 0 radical (unpaired) electrons. The van der Waals surface area contributed by atoms with E-state index in [4.69, 9.17) is 10.1 Å². The predicted octanol–water partition coefficient (Wildman–Crippen LogP) is 3.80. The third-order valence-electron chi connectivity index (χ3n) is 5.12. The number of nitrogens with one attached hydrogen (secondary N) is 2. The van der Waals surface area contributed by atoms with Crippen molar-refractivity contribution in [2.45, 2.75) is 77.3 Å². The maximum atomic E-state index is 12.7. The molecule has 0 aromatic carbocycles. The molecule has 0 bridgehead atoms. The minimum atomic E-state index is -1.07. The number of nitrogens with zero attached hydrogens (tertiary/aromatic N) is 2. The third kappa shape index (κ3) is 4.29. The minimum Gasteiger partial charge on any atom is -0.480 e. The maximum Gasteiger partial charge on any atom is 0.325 e. The molecule has 0 aliphatic heterocycles. The number of carboxylic acids is 1. The summed E-state index contributed by atoms with van der Waals surface area (Å²) in [4.78, 5) is 28.7. The molecule has 1 unspecified atom stereocenters. The van der Waals surface area contributed by atoms with Crippen molar-refractivity contribution in [3.63, 3.8) is 0 Å². The summed E-state index contributed by atoms with van der Waals surface area (Å²) < 4.78 is 1.93. The van der Waals surface area contributed by atoms with Gasteiger partial charge < -0.3 is 15.7 Å². The number of hydrogen-bond acceptors (Lipinski definition) is 4. The van der Waals surface area contributed by atoms with Crippen LogP contribution >= 0.6 is 0 Å². The Morgan fingerprint density at radius 1 is 1.25 bits per heavy atom. The van der Waals surface area contributed by atoms with Gasteiger partial charge in [-0.15, -0.1) is 0 Å². The van der Waals surface area contributed by atoms with Gasteiger partial charge in [-0.1, -0.05) is 19.3 Å². The van der Waals surface area contributed by atoms with Crippen molar-refractivity contribution in [1.29, 1.82) is 0 Å². The van der Waals surface area contributed by atoms with Crippen molar-refractivity contribution in [3.05, 3.63) is 29.6 Å². The molecule has 1 saturated carbocycles. The molecule has 1 atom stereocenters. The van der Waals surface area contributed by atoms with E-state index in [-0.39, 0.29) is 5.54 Å². The number of aromatic nitrogens is 2. The topological polar surface area (TPSA) is 95.7 Å². The van der Waals surface area contributed by atoms with Gasteiger partial charge in [-0.3, -0.25) is 14.0 Å². The van der Waals surface area contributed by atoms with E-state index in [1.807, 2.05) is 10.6 Å². The fourth-order valence-corrected chi connectivity index (χ4v) is 3.74. The van der Waals surface area contributed by atoms with Crippen LogP contribution in [-0.4, -0.2) is 37.9 Å². The summed E-state index contributed by atoms with van der Waals surface area (Å²) in [6, 6.07) is 2.53. The molecule has 1 aliphatic carbocycles. The summed E-state index contributed by atoms with van der Waals surface area (Å²) >= 11 is 0. The average Bonchev–Trinajstić information content (AvgIpc) is 2.99. The van der Waals surface area contributed by atoms with Crippen LogP contribution < -0.4 is 10.6 Å². The van der Waals surface area contributed by atoms with E-state index in [2.05, 4.69) is 31.4 Å². The molecule has 152 valence electrons. The Bertz CT molecular complexity index is 876. The molecule has 3 rings (SSSR count). The third-order valence-corrected chi connectivity index (χ3v) is 5.12. The van der Waals surface area contributed by atoms with Gasteiger partial charge in [0.1, 0.15) is 11.9 Å². The number of hydrogen-bond donors (Lipinski definition) is 3. The van der Waals surface area contributed by atoms with Crippen LogP contribution in [0.2, 0.25) is 0 Å². The fraction of sp³-hybridized carbons (Fsp3) is 0.571. The summed E-state index contributed by atoms with van der Waals surface area (Å²) in [6.45, 7) is 7.75. The van der Waals surface area contributed by atoms with E-state index in [0.29, 0.717) is 17.1 Å². The van der Waals surface area contributed by atoms with Gasteiger partial charge in [0.15, 0.2) is 5.65 Å². The molecule has 2 heterocycles. The lowest BCUT2D eigenvalue weighted by Crippen LogP contribution is -2.38. The summed E-state index contributed by atoms with van der Waals surface area (Å²) in [5.41, 5.74) is 1.79. The van der Waals surface area contributed by atoms with E-state index in [9.17, 15) is 9.59 Å². The molecule has 1 fully saturated rings. The SMILES string of the molecule is CC(NC(=O)c1cccn2c(NC(C)(C)C)c(C3CCCCC3)nc12)C(=O)O. The van der Waals surface area contributed by atoms with E-state index >= 15 is 0 Å². The first kappa shape index (κ1) is 20.2. The van der Waals surface area contributed by atoms with Crippen LogP contribution in [0.15, 0.2) is 18.3 Å². The van der Waals surface area contributed by atoms with Crippen LogP contribution in [0.5, 0.6) is 0 Å². The number of amides is 1. The molecule has 7 nitrogen and oxygen atoms in total. The molecule has 1 aliphatic rings. The fourth-order valence-electron chi connectivity index (χ4n) is 3.74. The number of aliphatic carboxylic acids is 1. The Balaban J connectivity index is 2.08. The highest BCUT2D eigenvalue weighted by Crippen LogP contribution is 2.37. The first-order valence-electron chi connectivity index (χ1n) is 10.00. The number of anilines is 1. The molecule has 1 amide bonds. The molecule has 0 spiro atoms. The number of carbonyl (C=O) groups excluding carboxylic acids is 1. The van der Waals surface area contributed by atoms with E-state index in [0.717, 1.165) is 24.4 Å². The zero-order valence-corrected chi connectivity index (χ0v) is 17.1. The molecule has 2 aromatic rings. The zero-order valence-electron chi connectivity index (χ0n) is 17.1. The van der Waals surface area contributed by atoms with Gasteiger partial charge >= 0.3 is 5.97 Å². The van der Waals surface area contributed by atoms with Gasteiger partial charge in [0.25, 0.3) is 5.91 Å². The highest BCUT2D eigenvalue weighted by Gasteiger charge is 2.27. The van der Waals surface area contributed by atoms with Gasteiger partial charge in [-0.2, -0.15) is 0 Å². The van der Waals surface area contributed by atoms with E-state index < -0.39 is 17.9 Å². The number of carboxylic acid groups (broad SMARTS) is 1. The molecule has 2 aromatic heterocycles. The second-order valence-electron chi connectivity index (χ2n) is 8.70. The zero-order chi connectivity index (χ0) is 20.5. The summed E-state index contributed by atoms with van der Waals surface area (Å²) in [7, 11) is 0. The molecule has 3 N–H and O–H groups in total. The summed E-state index contributed by atoms with van der Waals surface area (Å²) in [6.07, 6.45) is 7.74. The smallest absolute Gasteiger partial charge is 0.325 e.